The van der Waals surface area contributed by atoms with Gasteiger partial charge in [0.2, 0.25) is 5.78 Å². The number of hydrazone groups is 1. The van der Waals surface area contributed by atoms with Crippen molar-refractivity contribution in [3.8, 4) is 6.07 Å². The van der Waals surface area contributed by atoms with Crippen molar-refractivity contribution in [3.05, 3.63) is 37.3 Å². The van der Waals surface area contributed by atoms with Crippen LogP contribution >= 0.6 is 11.6 Å². The molecule has 1 atom stereocenters. The van der Waals surface area contributed by atoms with Gasteiger partial charge in [0.25, 0.3) is 0 Å². The molecule has 0 saturated carbocycles. The third-order valence-electron chi connectivity index (χ3n) is 1.81. The number of nitrogens with one attached hydrogen (secondary N) is 1. The SMILES string of the molecule is C=CC(=O)/C(CCl)=N\N/C=C/C(C#N)CC(=C)F. The van der Waals surface area contributed by atoms with Gasteiger partial charge >= 0.3 is 0 Å². The first kappa shape index (κ1) is 16.1. The molecule has 96 valence electrons. The molecule has 0 spiro atoms. The quantitative estimate of drug-likeness (QED) is 0.319. The number of allylic oxidation sites excluding steroid dienone is 3. The second-order valence-corrected chi connectivity index (χ2v) is 3.47. The highest BCUT2D eigenvalue weighted by molar-refractivity contribution is 6.52. The molecule has 1 N–H and O–H groups in total. The standard InChI is InChI=1S/C12H13ClFN3O/c1-3-12(18)11(7-13)17-16-5-4-10(8-15)6-9(2)14/h3-5,10,16H,1-2,6-7H2/b5-4+,17-11-. The van der Waals surface area contributed by atoms with Crippen molar-refractivity contribution in [2.45, 2.75) is 6.42 Å². The minimum absolute atomic E-state index is 0.0609. The number of ketones is 1. The van der Waals surface area contributed by atoms with Gasteiger partial charge in [-0.2, -0.15) is 10.4 Å². The van der Waals surface area contributed by atoms with Crippen LogP contribution in [0.25, 0.3) is 0 Å². The van der Waals surface area contributed by atoms with Crippen molar-refractivity contribution in [2.75, 3.05) is 5.88 Å². The molecule has 6 heteroatoms. The van der Waals surface area contributed by atoms with E-state index in [0.717, 1.165) is 6.08 Å². The number of hydrogen-bond donors (Lipinski definition) is 1. The number of carbonyl (C=O) groups is 1. The molecule has 0 bridgehead atoms. The van der Waals surface area contributed by atoms with Gasteiger partial charge in [0.1, 0.15) is 5.71 Å². The maximum atomic E-state index is 12.5. The molecule has 1 unspecified atom stereocenters. The molecule has 0 aliphatic carbocycles. The lowest BCUT2D eigenvalue weighted by atomic mass is 10.1. The smallest absolute Gasteiger partial charge is 0.202 e. The van der Waals surface area contributed by atoms with E-state index in [0.29, 0.717) is 0 Å². The predicted molar refractivity (Wildman–Crippen MR) is 69.6 cm³/mol. The van der Waals surface area contributed by atoms with Crippen LogP contribution in [0.3, 0.4) is 0 Å². The highest BCUT2D eigenvalue weighted by Gasteiger charge is 2.06. The Hall–Kier alpha value is -1.93. The number of halogens is 2. The summed E-state index contributed by atoms with van der Waals surface area (Å²) in [5.74, 6) is -1.66. The molecule has 0 saturated heterocycles. The zero-order chi connectivity index (χ0) is 14.0. The largest absolute Gasteiger partial charge is 0.288 e. The molecular weight excluding hydrogens is 257 g/mol. The Bertz CT molecular complexity index is 424. The third kappa shape index (κ3) is 6.61. The minimum atomic E-state index is -0.639. The lowest BCUT2D eigenvalue weighted by molar-refractivity contribution is -0.108. The molecule has 0 rings (SSSR count). The summed E-state index contributed by atoms with van der Waals surface area (Å²) in [6.45, 7) is 6.38. The molecule has 4 nitrogen and oxygen atoms in total. The maximum absolute atomic E-state index is 12.5. The van der Waals surface area contributed by atoms with E-state index in [1.807, 2.05) is 6.07 Å². The maximum Gasteiger partial charge on any atom is 0.202 e. The summed E-state index contributed by atoms with van der Waals surface area (Å²) in [7, 11) is 0. The molecule has 0 aromatic carbocycles. The Kier molecular flexibility index (Phi) is 8.16. The Morgan fingerprint density at radius 3 is 2.78 bits per heavy atom. The highest BCUT2D eigenvalue weighted by Crippen LogP contribution is 2.11. The summed E-state index contributed by atoms with van der Waals surface area (Å²) in [5.41, 5.74) is 2.54. The van der Waals surface area contributed by atoms with Gasteiger partial charge in [-0.15, -0.1) is 11.6 Å². The Morgan fingerprint density at radius 1 is 1.67 bits per heavy atom. The Labute approximate surface area is 110 Å². The normalized spacial score (nSPS) is 12.8. The summed E-state index contributed by atoms with van der Waals surface area (Å²) in [6, 6.07) is 1.88. The average molecular weight is 270 g/mol. The fourth-order valence-electron chi connectivity index (χ4n) is 0.938. The molecule has 18 heavy (non-hydrogen) atoms. The summed E-state index contributed by atoms with van der Waals surface area (Å²) < 4.78 is 12.5. The number of hydrogen-bond acceptors (Lipinski definition) is 4. The monoisotopic (exact) mass is 269 g/mol. The van der Waals surface area contributed by atoms with Crippen molar-refractivity contribution >= 4 is 23.1 Å². The Balaban J connectivity index is 4.42. The van der Waals surface area contributed by atoms with Crippen LogP contribution in [0.5, 0.6) is 0 Å². The van der Waals surface area contributed by atoms with Crippen LogP contribution in [0.15, 0.2) is 42.4 Å². The van der Waals surface area contributed by atoms with Gasteiger partial charge in [-0.25, -0.2) is 4.39 Å². The molecule has 0 aliphatic heterocycles. The average Bonchev–Trinajstić information content (AvgIpc) is 2.36. The second kappa shape index (κ2) is 9.14. The van der Waals surface area contributed by atoms with E-state index in [1.54, 1.807) is 0 Å². The molecule has 0 heterocycles. The van der Waals surface area contributed by atoms with Crippen LogP contribution in [0, 0.1) is 17.2 Å². The Morgan fingerprint density at radius 2 is 2.33 bits per heavy atom. The second-order valence-electron chi connectivity index (χ2n) is 3.21. The minimum Gasteiger partial charge on any atom is -0.288 e. The molecule has 0 aliphatic rings. The van der Waals surface area contributed by atoms with Gasteiger partial charge in [0.15, 0.2) is 0 Å². The zero-order valence-electron chi connectivity index (χ0n) is 9.70. The topological polar surface area (TPSA) is 65.2 Å². The third-order valence-corrected chi connectivity index (χ3v) is 2.06. The summed E-state index contributed by atoms with van der Waals surface area (Å²) in [6.07, 6.45) is 3.77. The molecule has 0 aromatic rings. The van der Waals surface area contributed by atoms with Crippen LogP contribution in [-0.4, -0.2) is 17.4 Å². The van der Waals surface area contributed by atoms with E-state index in [9.17, 15) is 9.18 Å². The van der Waals surface area contributed by atoms with Crippen LogP contribution < -0.4 is 5.43 Å². The van der Waals surface area contributed by atoms with Crippen molar-refractivity contribution in [3.63, 3.8) is 0 Å². The first-order valence-corrected chi connectivity index (χ1v) is 5.53. The number of nitriles is 1. The lowest BCUT2D eigenvalue weighted by Crippen LogP contribution is -2.16. The van der Waals surface area contributed by atoms with Crippen LogP contribution in [0.2, 0.25) is 0 Å². The van der Waals surface area contributed by atoms with Gasteiger partial charge in [-0.3, -0.25) is 10.2 Å². The fourth-order valence-corrected chi connectivity index (χ4v) is 1.13. The number of rotatable bonds is 8. The molecule has 0 fully saturated rings. The van der Waals surface area contributed by atoms with E-state index in [-0.39, 0.29) is 23.8 Å². The molecular formula is C12H13ClFN3O. The first-order valence-electron chi connectivity index (χ1n) is 4.99. The molecule has 0 radical (unpaired) electrons. The van der Waals surface area contributed by atoms with Gasteiger partial charge < -0.3 is 0 Å². The molecule has 0 aromatic heterocycles. The van der Waals surface area contributed by atoms with Crippen LogP contribution in [0.1, 0.15) is 6.42 Å². The zero-order valence-corrected chi connectivity index (χ0v) is 10.5. The van der Waals surface area contributed by atoms with E-state index >= 15 is 0 Å². The first-order chi connectivity index (χ1) is 8.54. The number of alkyl halides is 1. The van der Waals surface area contributed by atoms with Crippen LogP contribution in [-0.2, 0) is 4.79 Å². The van der Waals surface area contributed by atoms with Gasteiger partial charge in [0, 0.05) is 12.6 Å². The van der Waals surface area contributed by atoms with Gasteiger partial charge in [-0.1, -0.05) is 13.2 Å². The summed E-state index contributed by atoms with van der Waals surface area (Å²) >= 11 is 5.50. The summed E-state index contributed by atoms with van der Waals surface area (Å²) in [5, 5.41) is 12.4. The van der Waals surface area contributed by atoms with Gasteiger partial charge in [0.05, 0.1) is 23.7 Å². The molecule has 0 amide bonds. The predicted octanol–water partition coefficient (Wildman–Crippen LogP) is 2.45. The van der Waals surface area contributed by atoms with E-state index in [2.05, 4.69) is 23.7 Å². The highest BCUT2D eigenvalue weighted by atomic mass is 35.5. The van der Waals surface area contributed by atoms with E-state index < -0.39 is 11.7 Å². The van der Waals surface area contributed by atoms with E-state index in [1.165, 1.54) is 12.3 Å². The van der Waals surface area contributed by atoms with Crippen molar-refractivity contribution < 1.29 is 9.18 Å². The van der Waals surface area contributed by atoms with Crippen molar-refractivity contribution in [2.24, 2.45) is 11.0 Å². The summed E-state index contributed by atoms with van der Waals surface area (Å²) in [4.78, 5) is 11.2. The number of nitrogens with zero attached hydrogens (tertiary/aromatic N) is 2. The van der Waals surface area contributed by atoms with Crippen LogP contribution in [0.4, 0.5) is 4.39 Å². The fraction of sp³-hybridized carbons (Fsp3) is 0.250. The van der Waals surface area contributed by atoms with Crippen molar-refractivity contribution in [1.29, 1.82) is 5.26 Å². The van der Waals surface area contributed by atoms with Crippen molar-refractivity contribution in [1.82, 2.24) is 5.43 Å². The van der Waals surface area contributed by atoms with E-state index in [4.69, 9.17) is 16.9 Å². The number of carbonyl (C=O) groups excluding carboxylic acids is 1. The lowest BCUT2D eigenvalue weighted by Gasteiger charge is -2.00. The van der Waals surface area contributed by atoms with Gasteiger partial charge in [-0.05, 0) is 12.2 Å².